The summed E-state index contributed by atoms with van der Waals surface area (Å²) >= 11 is 2.08. The molecular formula is C67H75BN2S. The van der Waals surface area contributed by atoms with Crippen LogP contribution >= 0.6 is 11.3 Å². The highest BCUT2D eigenvalue weighted by Crippen LogP contribution is 2.57. The maximum absolute atomic E-state index is 2.76. The average Bonchev–Trinajstić information content (AvgIpc) is 3.63. The van der Waals surface area contributed by atoms with Crippen molar-refractivity contribution in [3.63, 3.8) is 0 Å². The number of fused-ring (bicyclic) bond motifs is 10. The Balaban J connectivity index is 1.18. The third-order valence-corrected chi connectivity index (χ3v) is 21.2. The van der Waals surface area contributed by atoms with E-state index >= 15 is 0 Å². The second kappa shape index (κ2) is 15.0. The number of thiophene rings is 1. The lowest BCUT2D eigenvalue weighted by molar-refractivity contribution is 0.248. The van der Waals surface area contributed by atoms with Crippen molar-refractivity contribution in [1.82, 2.24) is 0 Å². The van der Waals surface area contributed by atoms with Crippen LogP contribution in [0.1, 0.15) is 186 Å². The number of anilines is 6. The van der Waals surface area contributed by atoms with Crippen LogP contribution < -0.4 is 26.2 Å². The molecule has 362 valence electrons. The molecule has 1 aromatic heterocycles. The van der Waals surface area contributed by atoms with Gasteiger partial charge in [0.25, 0.3) is 6.71 Å². The Morgan fingerprint density at radius 3 is 1.73 bits per heavy atom. The summed E-state index contributed by atoms with van der Waals surface area (Å²) in [6.45, 7) is 32.2. The second-order valence-electron chi connectivity index (χ2n) is 27.4. The van der Waals surface area contributed by atoms with Crippen LogP contribution in [0.25, 0.3) is 21.2 Å². The van der Waals surface area contributed by atoms with Crippen molar-refractivity contribution in [2.45, 2.75) is 180 Å². The number of hydrogen-bond acceptors (Lipinski definition) is 3. The number of rotatable bonds is 3. The van der Waals surface area contributed by atoms with E-state index < -0.39 is 0 Å². The van der Waals surface area contributed by atoms with Crippen LogP contribution in [-0.2, 0) is 32.5 Å². The highest BCUT2D eigenvalue weighted by atomic mass is 32.1. The monoisotopic (exact) mass is 951 g/mol. The van der Waals surface area contributed by atoms with Gasteiger partial charge in [0.15, 0.2) is 0 Å². The molecule has 14 rings (SSSR count). The SMILES string of the molecule is CC1c2cc3c4c(sc3cc2C2(C)CCC1CC2)N(c1ccc2c(c1)C(C)(C)CCC2(C)C)c1cc(-c2ccccc2)cc2c1B4c1cc3c(cc1N2c1ccc(C(C)(C)C)cc1)C(C)(C)CCC3(C)C. The minimum absolute atomic E-state index is 0.0483. The topological polar surface area (TPSA) is 6.48 Å². The molecule has 0 radical (unpaired) electrons. The van der Waals surface area contributed by atoms with E-state index in [1.54, 1.807) is 11.1 Å². The third kappa shape index (κ3) is 6.70. The molecular weight excluding hydrogens is 876 g/mol. The van der Waals surface area contributed by atoms with E-state index in [-0.39, 0.29) is 39.2 Å². The Labute approximate surface area is 430 Å². The molecule has 2 aliphatic heterocycles. The summed E-state index contributed by atoms with van der Waals surface area (Å²) in [5, 5.41) is 2.88. The van der Waals surface area contributed by atoms with Crippen LogP contribution in [0.15, 0.2) is 109 Å². The van der Waals surface area contributed by atoms with Gasteiger partial charge in [0.1, 0.15) is 0 Å². The third-order valence-electron chi connectivity index (χ3n) is 20.0. The second-order valence-corrected chi connectivity index (χ2v) is 28.4. The fraction of sp³-hybridized carbons (Fsp3) is 0.433. The molecule has 0 spiro atoms. The summed E-state index contributed by atoms with van der Waals surface area (Å²) in [4.78, 5) is 5.46. The molecule has 1 atom stereocenters. The van der Waals surface area contributed by atoms with Crippen molar-refractivity contribution in [3.8, 4) is 11.1 Å². The molecule has 0 N–H and O–H groups in total. The van der Waals surface area contributed by atoms with E-state index in [2.05, 4.69) is 220 Å². The zero-order chi connectivity index (χ0) is 49.5. The predicted octanol–water partition coefficient (Wildman–Crippen LogP) is 17.2. The van der Waals surface area contributed by atoms with Crippen molar-refractivity contribution in [2.75, 3.05) is 9.80 Å². The van der Waals surface area contributed by atoms with Crippen molar-refractivity contribution in [2.24, 2.45) is 5.92 Å². The van der Waals surface area contributed by atoms with E-state index in [0.29, 0.717) is 5.92 Å². The molecule has 3 heterocycles. The minimum atomic E-state index is 0.0483. The van der Waals surface area contributed by atoms with E-state index in [1.165, 1.54) is 150 Å². The summed E-state index contributed by atoms with van der Waals surface area (Å²) in [7, 11) is 0. The number of nitrogens with zero attached hydrogens (tertiary/aromatic N) is 2. The molecule has 5 aliphatic carbocycles. The first-order chi connectivity index (χ1) is 33.5. The van der Waals surface area contributed by atoms with Gasteiger partial charge in [-0.05, 0) is 216 Å². The van der Waals surface area contributed by atoms with Crippen molar-refractivity contribution in [1.29, 1.82) is 0 Å². The Bertz CT molecular complexity index is 3350. The summed E-state index contributed by atoms with van der Waals surface area (Å²) in [5.74, 6) is 1.31. The smallest absolute Gasteiger partial charge is 0.254 e. The Hall–Kier alpha value is -5.06. The highest BCUT2D eigenvalue weighted by Gasteiger charge is 2.50. The van der Waals surface area contributed by atoms with Crippen LogP contribution in [0.3, 0.4) is 0 Å². The summed E-state index contributed by atoms with van der Waals surface area (Å²) in [6.07, 6.45) is 10.1. The standard InChI is InChI=1S/C67H75BN2S/c1-40-41-25-27-67(13,28-26-41)50-39-58-48(36-47(40)50)59-61(71-58)70(46-23-24-49-51(35-46)64(7,8)30-29-63(49,5)6)57-34-43(42-17-15-14-16-18-42)33-56-60(57)68(59)54-37-52-53(66(11,12)32-31-65(52,9)10)38-55(54)69(56)45-21-19-44(20-22-45)62(2,3)4/h14-24,33-41H,25-32H2,1-13H3. The van der Waals surface area contributed by atoms with Crippen LogP contribution in [0.5, 0.6) is 0 Å². The van der Waals surface area contributed by atoms with Crippen LogP contribution in [0, 0.1) is 5.92 Å². The normalized spacial score (nSPS) is 23.8. The quantitative estimate of drug-likeness (QED) is 0.163. The summed E-state index contributed by atoms with van der Waals surface area (Å²) in [5.41, 5.74) is 24.7. The zero-order valence-electron chi connectivity index (χ0n) is 45.1. The Morgan fingerprint density at radius 1 is 0.521 bits per heavy atom. The van der Waals surface area contributed by atoms with E-state index in [9.17, 15) is 0 Å². The lowest BCUT2D eigenvalue weighted by atomic mass is 9.33. The van der Waals surface area contributed by atoms with E-state index in [1.807, 2.05) is 0 Å². The Kier molecular flexibility index (Phi) is 9.69. The van der Waals surface area contributed by atoms with Gasteiger partial charge in [0.2, 0.25) is 0 Å². The first-order valence-electron chi connectivity index (χ1n) is 27.4. The number of hydrogen-bond donors (Lipinski definition) is 0. The average molecular weight is 951 g/mol. The molecule has 6 aromatic carbocycles. The minimum Gasteiger partial charge on any atom is -0.311 e. The molecule has 0 amide bonds. The van der Waals surface area contributed by atoms with Crippen molar-refractivity contribution < 1.29 is 0 Å². The summed E-state index contributed by atoms with van der Waals surface area (Å²) < 4.78 is 1.45. The van der Waals surface area contributed by atoms with Crippen LogP contribution in [-0.4, -0.2) is 6.71 Å². The van der Waals surface area contributed by atoms with Gasteiger partial charge in [-0.25, -0.2) is 0 Å². The predicted molar refractivity (Wildman–Crippen MR) is 308 cm³/mol. The van der Waals surface area contributed by atoms with Crippen molar-refractivity contribution in [3.05, 3.63) is 148 Å². The van der Waals surface area contributed by atoms with Gasteiger partial charge < -0.3 is 9.80 Å². The van der Waals surface area contributed by atoms with Gasteiger partial charge in [-0.15, -0.1) is 11.3 Å². The van der Waals surface area contributed by atoms with Gasteiger partial charge in [-0.1, -0.05) is 151 Å². The summed E-state index contributed by atoms with van der Waals surface area (Å²) in [6, 6.07) is 44.6. The largest absolute Gasteiger partial charge is 0.311 e. The fourth-order valence-electron chi connectivity index (χ4n) is 15.0. The van der Waals surface area contributed by atoms with Gasteiger partial charge in [-0.2, -0.15) is 0 Å². The lowest BCUT2D eigenvalue weighted by Crippen LogP contribution is -2.61. The van der Waals surface area contributed by atoms with Crippen LogP contribution in [0.4, 0.5) is 33.4 Å². The van der Waals surface area contributed by atoms with Gasteiger partial charge >= 0.3 is 0 Å². The molecule has 71 heavy (non-hydrogen) atoms. The highest BCUT2D eigenvalue weighted by molar-refractivity contribution is 7.26. The molecule has 1 unspecified atom stereocenters. The maximum atomic E-state index is 2.76. The molecule has 2 bridgehead atoms. The van der Waals surface area contributed by atoms with Gasteiger partial charge in [-0.3, -0.25) is 0 Å². The van der Waals surface area contributed by atoms with Crippen molar-refractivity contribution >= 4 is 78.0 Å². The first kappa shape index (κ1) is 45.8. The molecule has 2 nitrogen and oxygen atoms in total. The lowest BCUT2D eigenvalue weighted by Gasteiger charge is -2.47. The maximum Gasteiger partial charge on any atom is 0.254 e. The first-order valence-corrected chi connectivity index (χ1v) is 28.3. The molecule has 1 fully saturated rings. The molecule has 7 aliphatic rings. The van der Waals surface area contributed by atoms with Crippen LogP contribution in [0.2, 0.25) is 0 Å². The van der Waals surface area contributed by atoms with Gasteiger partial charge in [0.05, 0.1) is 5.00 Å². The molecule has 0 saturated heterocycles. The Morgan fingerprint density at radius 2 is 1.10 bits per heavy atom. The molecule has 4 heteroatoms. The zero-order valence-corrected chi connectivity index (χ0v) is 45.9. The number of benzene rings is 6. The van der Waals surface area contributed by atoms with E-state index in [0.717, 1.165) is 5.92 Å². The van der Waals surface area contributed by atoms with Gasteiger partial charge in [0, 0.05) is 33.1 Å². The van der Waals surface area contributed by atoms with E-state index in [4.69, 9.17) is 0 Å². The molecule has 1 saturated carbocycles. The fourth-order valence-corrected chi connectivity index (χ4v) is 16.3. The molecule has 7 aromatic rings.